The fourth-order valence-corrected chi connectivity index (χ4v) is 4.22. The van der Waals surface area contributed by atoms with E-state index in [2.05, 4.69) is 5.32 Å². The topological polar surface area (TPSA) is 107 Å². The molecule has 1 fully saturated rings. The molecule has 2 aromatic rings. The highest BCUT2D eigenvalue weighted by Gasteiger charge is 2.38. The molecule has 2 aromatic carbocycles. The Morgan fingerprint density at radius 2 is 1.90 bits per heavy atom. The van der Waals surface area contributed by atoms with Gasteiger partial charge in [0.15, 0.2) is 0 Å². The average Bonchev–Trinajstić information content (AvgIpc) is 2.96. The number of thiocarbonyl (C=S) groups is 1. The molecule has 0 aromatic heterocycles. The van der Waals surface area contributed by atoms with Crippen LogP contribution in [0.4, 0.5) is 5.69 Å². The number of aromatic hydroxyl groups is 1. The smallest absolute Gasteiger partial charge is 0.339 e. The van der Waals surface area contributed by atoms with E-state index < -0.39 is 29.6 Å². The first-order chi connectivity index (χ1) is 14.2. The summed E-state index contributed by atoms with van der Waals surface area (Å²) in [5.41, 5.74) is 0.674. The van der Waals surface area contributed by atoms with Crippen molar-refractivity contribution in [3.05, 3.63) is 63.5 Å². The van der Waals surface area contributed by atoms with E-state index in [0.717, 1.165) is 23.4 Å². The Labute approximate surface area is 186 Å². The molecule has 1 atom stereocenters. The van der Waals surface area contributed by atoms with Crippen LogP contribution >= 0.6 is 35.6 Å². The number of benzene rings is 2. The molecule has 3 N–H and O–H groups in total. The predicted octanol–water partition coefficient (Wildman–Crippen LogP) is 3.97. The molecule has 1 unspecified atom stereocenters. The second-order valence-corrected chi connectivity index (χ2v) is 8.42. The van der Waals surface area contributed by atoms with Crippen molar-refractivity contribution < 1.29 is 24.6 Å². The van der Waals surface area contributed by atoms with Crippen LogP contribution in [0.15, 0.2) is 47.4 Å². The first-order valence-corrected chi connectivity index (χ1v) is 10.2. The highest BCUT2D eigenvalue weighted by atomic mass is 35.5. The van der Waals surface area contributed by atoms with Gasteiger partial charge in [0.25, 0.3) is 5.91 Å². The maximum atomic E-state index is 12.8. The number of aromatic carboxylic acids is 1. The van der Waals surface area contributed by atoms with E-state index in [1.54, 1.807) is 30.3 Å². The van der Waals surface area contributed by atoms with E-state index in [1.165, 1.54) is 24.0 Å². The lowest BCUT2D eigenvalue weighted by atomic mass is 10.1. The molecule has 1 saturated heterocycles. The van der Waals surface area contributed by atoms with Crippen LogP contribution in [0.5, 0.6) is 5.75 Å². The Balaban J connectivity index is 1.75. The van der Waals surface area contributed by atoms with Crippen LogP contribution in [0.25, 0.3) is 6.08 Å². The Hall–Kier alpha value is -2.88. The monoisotopic (exact) mass is 462 g/mol. The number of hydrogen-bond donors (Lipinski definition) is 3. The van der Waals surface area contributed by atoms with Gasteiger partial charge in [0.2, 0.25) is 5.91 Å². The number of carbonyl (C=O) groups is 3. The zero-order chi connectivity index (χ0) is 22.0. The molecular weight excluding hydrogens is 448 g/mol. The summed E-state index contributed by atoms with van der Waals surface area (Å²) in [5.74, 6) is -2.71. The van der Waals surface area contributed by atoms with Crippen molar-refractivity contribution >= 4 is 69.4 Å². The maximum absolute atomic E-state index is 12.8. The van der Waals surface area contributed by atoms with E-state index >= 15 is 0 Å². The van der Waals surface area contributed by atoms with Gasteiger partial charge in [-0.2, -0.15) is 0 Å². The van der Waals surface area contributed by atoms with Crippen LogP contribution < -0.4 is 5.32 Å². The van der Waals surface area contributed by atoms with Gasteiger partial charge in [0.1, 0.15) is 21.7 Å². The van der Waals surface area contributed by atoms with Crippen LogP contribution in [0, 0.1) is 0 Å². The highest BCUT2D eigenvalue weighted by molar-refractivity contribution is 8.26. The molecule has 1 heterocycles. The third kappa shape index (κ3) is 4.64. The number of halogens is 1. The third-order valence-electron chi connectivity index (χ3n) is 4.25. The SMILES string of the molecule is CC(C(=O)Nc1ccc(C(=O)O)c(O)c1)N1C(=O)/C(=C/c2ccc(Cl)cc2)SC1=S. The summed E-state index contributed by atoms with van der Waals surface area (Å²) in [6.07, 6.45) is 1.67. The lowest BCUT2D eigenvalue weighted by Crippen LogP contribution is -2.44. The second-order valence-electron chi connectivity index (χ2n) is 6.31. The van der Waals surface area contributed by atoms with Gasteiger partial charge in [-0.25, -0.2) is 4.79 Å². The predicted molar refractivity (Wildman–Crippen MR) is 120 cm³/mol. The number of carboxylic acids is 1. The van der Waals surface area contributed by atoms with E-state index in [1.807, 2.05) is 0 Å². The number of amides is 2. The summed E-state index contributed by atoms with van der Waals surface area (Å²) in [7, 11) is 0. The lowest BCUT2D eigenvalue weighted by Gasteiger charge is -2.22. The molecule has 1 aliphatic heterocycles. The van der Waals surface area contributed by atoms with Crippen LogP contribution in [-0.2, 0) is 9.59 Å². The van der Waals surface area contributed by atoms with Crippen LogP contribution in [0.3, 0.4) is 0 Å². The fourth-order valence-electron chi connectivity index (χ4n) is 2.68. The molecule has 30 heavy (non-hydrogen) atoms. The molecular formula is C20H15ClN2O5S2. The van der Waals surface area contributed by atoms with Crippen molar-refractivity contribution in [2.24, 2.45) is 0 Å². The number of anilines is 1. The molecule has 0 saturated carbocycles. The van der Waals surface area contributed by atoms with Crippen molar-refractivity contribution in [2.45, 2.75) is 13.0 Å². The number of thioether (sulfide) groups is 1. The number of rotatable bonds is 5. The third-order valence-corrected chi connectivity index (χ3v) is 5.84. The minimum Gasteiger partial charge on any atom is -0.507 e. The van der Waals surface area contributed by atoms with Crippen molar-refractivity contribution in [3.63, 3.8) is 0 Å². The minimum absolute atomic E-state index is 0.191. The first-order valence-electron chi connectivity index (χ1n) is 8.57. The van der Waals surface area contributed by atoms with E-state index in [-0.39, 0.29) is 15.6 Å². The van der Waals surface area contributed by atoms with Gasteiger partial charge in [-0.15, -0.1) is 0 Å². The number of hydrogen-bond acceptors (Lipinski definition) is 6. The van der Waals surface area contributed by atoms with Gasteiger partial charge >= 0.3 is 5.97 Å². The normalized spacial score (nSPS) is 16.1. The van der Waals surface area contributed by atoms with Gasteiger partial charge < -0.3 is 15.5 Å². The van der Waals surface area contributed by atoms with Crippen molar-refractivity contribution in [1.82, 2.24) is 4.90 Å². The molecule has 10 heteroatoms. The van der Waals surface area contributed by atoms with Crippen LogP contribution in [-0.4, -0.2) is 43.3 Å². The zero-order valence-electron chi connectivity index (χ0n) is 15.5. The molecule has 3 rings (SSSR count). The number of carbonyl (C=O) groups excluding carboxylic acids is 2. The van der Waals surface area contributed by atoms with Crippen LogP contribution in [0.2, 0.25) is 5.02 Å². The van der Waals surface area contributed by atoms with Gasteiger partial charge in [-0.1, -0.05) is 47.7 Å². The highest BCUT2D eigenvalue weighted by Crippen LogP contribution is 2.34. The standard InChI is InChI=1S/C20H15ClN2O5S2/c1-10(17(25)22-13-6-7-14(19(27)28)15(24)9-13)23-18(26)16(30-20(23)29)8-11-2-4-12(21)5-3-11/h2-10,24H,1H3,(H,22,25)(H,27,28)/b16-8-. The fraction of sp³-hybridized carbons (Fsp3) is 0.100. The molecule has 0 spiro atoms. The first kappa shape index (κ1) is 21.8. The van der Waals surface area contributed by atoms with Gasteiger partial charge in [0.05, 0.1) is 4.91 Å². The summed E-state index contributed by atoms with van der Waals surface area (Å²) in [4.78, 5) is 38.0. The van der Waals surface area contributed by atoms with Crippen molar-refractivity contribution in [1.29, 1.82) is 0 Å². The van der Waals surface area contributed by atoms with Crippen LogP contribution in [0.1, 0.15) is 22.8 Å². The molecule has 0 aliphatic carbocycles. The van der Waals surface area contributed by atoms with Gasteiger partial charge in [-0.3, -0.25) is 14.5 Å². The summed E-state index contributed by atoms with van der Waals surface area (Å²) >= 11 is 12.2. The number of nitrogens with one attached hydrogen (secondary N) is 1. The molecule has 1 aliphatic rings. The Bertz CT molecular complexity index is 1090. The summed E-state index contributed by atoms with van der Waals surface area (Å²) < 4.78 is 0.243. The Morgan fingerprint density at radius 1 is 1.23 bits per heavy atom. The molecule has 0 bridgehead atoms. The van der Waals surface area contributed by atoms with Crippen molar-refractivity contribution in [3.8, 4) is 5.75 Å². The quantitative estimate of drug-likeness (QED) is 0.455. The summed E-state index contributed by atoms with van der Waals surface area (Å²) in [5, 5.41) is 21.8. The largest absolute Gasteiger partial charge is 0.507 e. The van der Waals surface area contributed by atoms with E-state index in [0.29, 0.717) is 9.93 Å². The van der Waals surface area contributed by atoms with E-state index in [4.69, 9.17) is 28.9 Å². The summed E-state index contributed by atoms with van der Waals surface area (Å²) in [6.45, 7) is 1.52. The molecule has 2 amide bonds. The molecule has 0 radical (unpaired) electrons. The van der Waals surface area contributed by atoms with Gasteiger partial charge in [-0.05, 0) is 42.8 Å². The number of carboxylic acid groups (broad SMARTS) is 1. The summed E-state index contributed by atoms with van der Waals surface area (Å²) in [6, 6.07) is 9.65. The average molecular weight is 463 g/mol. The maximum Gasteiger partial charge on any atom is 0.339 e. The molecule has 7 nitrogen and oxygen atoms in total. The van der Waals surface area contributed by atoms with Crippen molar-refractivity contribution in [2.75, 3.05) is 5.32 Å². The van der Waals surface area contributed by atoms with Gasteiger partial charge in [0, 0.05) is 16.8 Å². The van der Waals surface area contributed by atoms with E-state index in [9.17, 15) is 19.5 Å². The number of nitrogens with zero attached hydrogens (tertiary/aromatic N) is 1. The number of phenols is 1. The Kier molecular flexibility index (Phi) is 6.45. The molecule has 154 valence electrons. The Morgan fingerprint density at radius 3 is 2.50 bits per heavy atom. The second kappa shape index (κ2) is 8.86. The lowest BCUT2D eigenvalue weighted by molar-refractivity contribution is -0.129. The zero-order valence-corrected chi connectivity index (χ0v) is 17.8. The minimum atomic E-state index is -1.29.